The van der Waals surface area contributed by atoms with Crippen molar-refractivity contribution in [3.05, 3.63) is 0 Å². The molecule has 10 heavy (non-hydrogen) atoms. The lowest BCUT2D eigenvalue weighted by Gasteiger charge is -2.29. The minimum atomic E-state index is -0.695. The van der Waals surface area contributed by atoms with Crippen LogP contribution in [0.1, 0.15) is 26.2 Å². The molecule has 0 N–H and O–H groups in total. The molecule has 3 heteroatoms. The monoisotopic (exact) mass is 162 g/mol. The summed E-state index contributed by atoms with van der Waals surface area (Å²) in [7, 11) is 0. The van der Waals surface area contributed by atoms with E-state index in [-0.39, 0.29) is 5.24 Å². The molecule has 1 aliphatic heterocycles. The predicted molar refractivity (Wildman–Crippen MR) is 39.1 cm³/mol. The van der Waals surface area contributed by atoms with Crippen LogP contribution in [-0.2, 0) is 9.53 Å². The molecule has 0 aromatic carbocycles. The lowest BCUT2D eigenvalue weighted by molar-refractivity contribution is -0.139. The predicted octanol–water partition coefficient (Wildman–Crippen LogP) is 1.71. The van der Waals surface area contributed by atoms with Gasteiger partial charge in [-0.15, -0.1) is 0 Å². The van der Waals surface area contributed by atoms with Gasteiger partial charge >= 0.3 is 0 Å². The zero-order valence-corrected chi connectivity index (χ0v) is 6.78. The summed E-state index contributed by atoms with van der Waals surface area (Å²) in [6.07, 6.45) is 2.84. The first-order valence-electron chi connectivity index (χ1n) is 3.49. The van der Waals surface area contributed by atoms with Crippen molar-refractivity contribution < 1.29 is 9.53 Å². The summed E-state index contributed by atoms with van der Waals surface area (Å²) in [5.74, 6) is 0. The van der Waals surface area contributed by atoms with Crippen LogP contribution in [0.3, 0.4) is 0 Å². The van der Waals surface area contributed by atoms with E-state index in [1.165, 1.54) is 0 Å². The molecule has 1 aliphatic rings. The van der Waals surface area contributed by atoms with Gasteiger partial charge in [0.1, 0.15) is 5.60 Å². The largest absolute Gasteiger partial charge is 0.366 e. The number of carbonyl (C=O) groups is 1. The van der Waals surface area contributed by atoms with Gasteiger partial charge in [0, 0.05) is 6.61 Å². The van der Waals surface area contributed by atoms with Crippen molar-refractivity contribution in [3.63, 3.8) is 0 Å². The van der Waals surface area contributed by atoms with Gasteiger partial charge in [0.05, 0.1) is 0 Å². The average molecular weight is 163 g/mol. The number of carbonyl (C=O) groups excluding carboxylic acids is 1. The number of halogens is 1. The fourth-order valence-corrected chi connectivity index (χ4v) is 1.24. The number of ether oxygens (including phenoxy) is 1. The molecule has 1 heterocycles. The highest BCUT2D eigenvalue weighted by Crippen LogP contribution is 2.26. The van der Waals surface area contributed by atoms with E-state index in [0.717, 1.165) is 19.3 Å². The van der Waals surface area contributed by atoms with E-state index in [1.807, 2.05) is 0 Å². The summed E-state index contributed by atoms with van der Waals surface area (Å²) >= 11 is 5.33. The molecule has 0 saturated carbocycles. The molecule has 1 fully saturated rings. The average Bonchev–Trinajstić information content (AvgIpc) is 1.89. The smallest absolute Gasteiger partial charge is 0.253 e. The minimum absolute atomic E-state index is 0.368. The van der Waals surface area contributed by atoms with Crippen LogP contribution in [0.4, 0.5) is 0 Å². The van der Waals surface area contributed by atoms with Crippen molar-refractivity contribution in [2.75, 3.05) is 6.61 Å². The van der Waals surface area contributed by atoms with Gasteiger partial charge < -0.3 is 4.74 Å². The molecular formula is C7H11ClO2. The van der Waals surface area contributed by atoms with E-state index in [1.54, 1.807) is 6.92 Å². The van der Waals surface area contributed by atoms with Crippen LogP contribution >= 0.6 is 11.6 Å². The summed E-state index contributed by atoms with van der Waals surface area (Å²) in [6.45, 7) is 2.41. The fourth-order valence-electron chi connectivity index (χ4n) is 1.09. The third-order valence-electron chi connectivity index (χ3n) is 1.88. The van der Waals surface area contributed by atoms with Gasteiger partial charge in [-0.25, -0.2) is 0 Å². The Labute approximate surface area is 65.5 Å². The maximum Gasteiger partial charge on any atom is 0.253 e. The first-order chi connectivity index (χ1) is 4.65. The molecule has 0 aromatic rings. The van der Waals surface area contributed by atoms with Crippen LogP contribution < -0.4 is 0 Å². The lowest BCUT2D eigenvalue weighted by atomic mass is 9.98. The fraction of sp³-hybridized carbons (Fsp3) is 0.857. The Balaban J connectivity index is 2.56. The number of hydrogen-bond donors (Lipinski definition) is 0. The molecule has 0 aliphatic carbocycles. The first-order valence-corrected chi connectivity index (χ1v) is 3.87. The maximum atomic E-state index is 10.8. The maximum absolute atomic E-state index is 10.8. The first kappa shape index (κ1) is 8.02. The summed E-state index contributed by atoms with van der Waals surface area (Å²) in [4.78, 5) is 10.8. The van der Waals surface area contributed by atoms with Crippen LogP contribution in [0.2, 0.25) is 0 Å². The van der Waals surface area contributed by atoms with Crippen LogP contribution in [0.5, 0.6) is 0 Å². The van der Waals surface area contributed by atoms with Crippen molar-refractivity contribution in [3.8, 4) is 0 Å². The highest BCUT2D eigenvalue weighted by Gasteiger charge is 2.34. The van der Waals surface area contributed by atoms with E-state index < -0.39 is 5.60 Å². The SMILES string of the molecule is CC1(C(=O)Cl)CCCCO1. The molecule has 1 atom stereocenters. The quantitative estimate of drug-likeness (QED) is 0.549. The van der Waals surface area contributed by atoms with E-state index in [2.05, 4.69) is 0 Å². The number of hydrogen-bond acceptors (Lipinski definition) is 2. The minimum Gasteiger partial charge on any atom is -0.366 e. The summed E-state index contributed by atoms with van der Waals surface area (Å²) in [5, 5.41) is -0.368. The topological polar surface area (TPSA) is 26.3 Å². The molecule has 1 unspecified atom stereocenters. The van der Waals surface area contributed by atoms with Crippen LogP contribution in [0.25, 0.3) is 0 Å². The standard InChI is InChI=1S/C7H11ClO2/c1-7(6(8)9)4-2-3-5-10-7/h2-5H2,1H3. The molecule has 2 nitrogen and oxygen atoms in total. The van der Waals surface area contributed by atoms with Crippen molar-refractivity contribution in [1.82, 2.24) is 0 Å². The van der Waals surface area contributed by atoms with Crippen molar-refractivity contribution in [2.45, 2.75) is 31.8 Å². The molecule has 0 amide bonds. The highest BCUT2D eigenvalue weighted by molar-refractivity contribution is 6.65. The van der Waals surface area contributed by atoms with Gasteiger partial charge in [0.15, 0.2) is 0 Å². The van der Waals surface area contributed by atoms with Gasteiger partial charge in [-0.3, -0.25) is 4.79 Å². The molecule has 0 radical (unpaired) electrons. The lowest BCUT2D eigenvalue weighted by Crippen LogP contribution is -2.38. The zero-order valence-electron chi connectivity index (χ0n) is 6.02. The van der Waals surface area contributed by atoms with Crippen molar-refractivity contribution in [1.29, 1.82) is 0 Å². The Morgan fingerprint density at radius 2 is 2.30 bits per heavy atom. The Morgan fingerprint density at radius 3 is 2.60 bits per heavy atom. The summed E-state index contributed by atoms with van der Waals surface area (Å²) in [5.41, 5.74) is -0.695. The van der Waals surface area contributed by atoms with E-state index in [9.17, 15) is 4.79 Å². The molecule has 0 spiro atoms. The van der Waals surface area contributed by atoms with Crippen molar-refractivity contribution in [2.24, 2.45) is 0 Å². The molecule has 1 saturated heterocycles. The number of rotatable bonds is 1. The van der Waals surface area contributed by atoms with Gasteiger partial charge in [-0.2, -0.15) is 0 Å². The molecule has 58 valence electrons. The second kappa shape index (κ2) is 2.89. The van der Waals surface area contributed by atoms with Crippen molar-refractivity contribution >= 4 is 16.8 Å². The normalized spacial score (nSPS) is 33.8. The highest BCUT2D eigenvalue weighted by atomic mass is 35.5. The molecule has 0 bridgehead atoms. The van der Waals surface area contributed by atoms with Crippen LogP contribution in [-0.4, -0.2) is 17.5 Å². The van der Waals surface area contributed by atoms with Gasteiger partial charge in [0.25, 0.3) is 5.24 Å². The molecular weight excluding hydrogens is 152 g/mol. The second-order valence-corrected chi connectivity index (χ2v) is 3.15. The summed E-state index contributed by atoms with van der Waals surface area (Å²) < 4.78 is 5.25. The van der Waals surface area contributed by atoms with Gasteiger partial charge in [-0.1, -0.05) is 0 Å². The van der Waals surface area contributed by atoms with Gasteiger partial charge in [0.2, 0.25) is 0 Å². The van der Waals surface area contributed by atoms with Crippen LogP contribution in [0, 0.1) is 0 Å². The third kappa shape index (κ3) is 1.50. The van der Waals surface area contributed by atoms with E-state index in [4.69, 9.17) is 16.3 Å². The Morgan fingerprint density at radius 1 is 1.60 bits per heavy atom. The second-order valence-electron chi connectivity index (χ2n) is 2.81. The van der Waals surface area contributed by atoms with E-state index in [0.29, 0.717) is 6.61 Å². The third-order valence-corrected chi connectivity index (χ3v) is 2.28. The zero-order chi connectivity index (χ0) is 7.61. The molecule has 0 aromatic heterocycles. The Kier molecular flexibility index (Phi) is 2.32. The Hall–Kier alpha value is -0.0800. The summed E-state index contributed by atoms with van der Waals surface area (Å²) in [6, 6.07) is 0. The van der Waals surface area contributed by atoms with E-state index >= 15 is 0 Å². The Bertz CT molecular complexity index is 139. The van der Waals surface area contributed by atoms with Crippen LogP contribution in [0.15, 0.2) is 0 Å². The molecule has 1 rings (SSSR count). The van der Waals surface area contributed by atoms with Gasteiger partial charge in [-0.05, 0) is 37.8 Å².